The lowest BCUT2D eigenvalue weighted by Gasteiger charge is -2.42. The molecule has 0 radical (unpaired) electrons. The fourth-order valence-corrected chi connectivity index (χ4v) is 3.60. The Hall–Kier alpha value is -3.08. The number of piperazine rings is 1. The van der Waals surface area contributed by atoms with Crippen molar-refractivity contribution in [1.29, 1.82) is 0 Å². The van der Waals surface area contributed by atoms with Gasteiger partial charge in [-0.1, -0.05) is 13.5 Å². The number of aryl methyl sites for hydroxylation is 1. The molecule has 2 aromatic rings. The number of carbonyl (C=O) groups excluding carboxylic acids is 1. The molecule has 29 heavy (non-hydrogen) atoms. The Balaban J connectivity index is 1.98. The zero-order valence-corrected chi connectivity index (χ0v) is 17.6. The molecule has 0 unspecified atom stereocenters. The van der Waals surface area contributed by atoms with Crippen molar-refractivity contribution in [2.24, 2.45) is 7.05 Å². The number of hydrogen-bond acceptors (Lipinski definition) is 5. The number of fused-ring (bicyclic) bond motifs is 1. The first-order valence-electron chi connectivity index (χ1n) is 9.77. The van der Waals surface area contributed by atoms with E-state index < -0.39 is 5.60 Å². The number of rotatable bonds is 2. The van der Waals surface area contributed by atoms with E-state index in [1.165, 1.54) is 4.57 Å². The summed E-state index contributed by atoms with van der Waals surface area (Å²) in [5, 5.41) is 0. The van der Waals surface area contributed by atoms with Crippen molar-refractivity contribution in [3.05, 3.63) is 40.0 Å². The van der Waals surface area contributed by atoms with E-state index in [0.29, 0.717) is 36.4 Å². The maximum Gasteiger partial charge on any atom is 0.410 e. The summed E-state index contributed by atoms with van der Waals surface area (Å²) in [6.07, 6.45) is 0.469. The minimum absolute atomic E-state index is 0.0185. The normalized spacial score (nSPS) is 17.3. The molecule has 1 aliphatic rings. The van der Waals surface area contributed by atoms with Gasteiger partial charge >= 0.3 is 6.09 Å². The second kappa shape index (κ2) is 7.74. The maximum atomic E-state index is 12.5. The molecule has 0 saturated carbocycles. The highest BCUT2D eigenvalue weighted by molar-refractivity contribution is 5.90. The highest BCUT2D eigenvalue weighted by Gasteiger charge is 2.33. The number of nitrogens with zero attached hydrogens (tertiary/aromatic N) is 5. The quantitative estimate of drug-likeness (QED) is 0.727. The van der Waals surface area contributed by atoms with Gasteiger partial charge in [-0.3, -0.25) is 4.79 Å². The average Bonchev–Trinajstić information content (AvgIpc) is 2.68. The van der Waals surface area contributed by atoms with E-state index in [0.717, 1.165) is 6.42 Å². The van der Waals surface area contributed by atoms with Gasteiger partial charge in [0.25, 0.3) is 11.4 Å². The Labute approximate surface area is 170 Å². The molecule has 2 aromatic heterocycles. The Morgan fingerprint density at radius 2 is 2.07 bits per heavy atom. The fourth-order valence-electron chi connectivity index (χ4n) is 3.60. The highest BCUT2D eigenvalue weighted by atomic mass is 16.6. The number of ether oxygens (including phenoxy) is 1. The lowest BCUT2D eigenvalue weighted by Crippen LogP contribution is -2.55. The molecule has 0 aromatic carbocycles. The lowest BCUT2D eigenvalue weighted by atomic mass is 10.1. The molecule has 8 heteroatoms. The van der Waals surface area contributed by atoms with Crippen molar-refractivity contribution in [2.75, 3.05) is 24.5 Å². The number of hydrogen-bond donors (Lipinski definition) is 0. The minimum atomic E-state index is -0.544. The van der Waals surface area contributed by atoms with Gasteiger partial charge in [0.2, 0.25) is 5.52 Å². The van der Waals surface area contributed by atoms with E-state index >= 15 is 0 Å². The van der Waals surface area contributed by atoms with Gasteiger partial charge in [0.15, 0.2) is 0 Å². The van der Waals surface area contributed by atoms with Gasteiger partial charge in [-0.15, -0.1) is 4.98 Å². The lowest BCUT2D eigenvalue weighted by molar-refractivity contribution is 0.0213. The molecule has 154 valence electrons. The summed E-state index contributed by atoms with van der Waals surface area (Å²) in [5.41, 5.74) is 1.35. The topological polar surface area (TPSA) is 72.0 Å². The van der Waals surface area contributed by atoms with Crippen LogP contribution in [0.25, 0.3) is 15.9 Å². The zero-order chi connectivity index (χ0) is 21.3. The number of aromatic nitrogens is 2. The summed E-state index contributed by atoms with van der Waals surface area (Å²) in [7, 11) is 1.70. The summed E-state index contributed by atoms with van der Waals surface area (Å²) in [4.78, 5) is 36.8. The molecule has 1 fully saturated rings. The summed E-state index contributed by atoms with van der Waals surface area (Å²) >= 11 is 0. The third-order valence-corrected chi connectivity index (χ3v) is 5.08. The molecule has 1 saturated heterocycles. The van der Waals surface area contributed by atoms with Crippen LogP contribution >= 0.6 is 0 Å². The molecular formula is C21H27N5O3. The molecule has 3 rings (SSSR count). The second-order valence-corrected chi connectivity index (χ2v) is 8.26. The smallest absolute Gasteiger partial charge is 0.410 e. The number of carbonyl (C=O) groups is 1. The van der Waals surface area contributed by atoms with Crippen molar-refractivity contribution in [3.63, 3.8) is 0 Å². The Kier molecular flexibility index (Phi) is 5.51. The highest BCUT2D eigenvalue weighted by Crippen LogP contribution is 2.29. The molecule has 1 atom stereocenters. The summed E-state index contributed by atoms with van der Waals surface area (Å²) < 4.78 is 7.06. The maximum absolute atomic E-state index is 12.5. The predicted molar refractivity (Wildman–Crippen MR) is 112 cm³/mol. The van der Waals surface area contributed by atoms with Crippen LogP contribution in [-0.2, 0) is 11.8 Å². The molecule has 3 heterocycles. The first-order chi connectivity index (χ1) is 13.6. The molecular weight excluding hydrogens is 370 g/mol. The second-order valence-electron chi connectivity index (χ2n) is 8.26. The van der Waals surface area contributed by atoms with Crippen LogP contribution in [0.1, 0.15) is 34.1 Å². The summed E-state index contributed by atoms with van der Waals surface area (Å²) in [6.45, 7) is 16.4. The van der Waals surface area contributed by atoms with E-state index in [1.807, 2.05) is 20.8 Å². The Morgan fingerprint density at radius 3 is 2.69 bits per heavy atom. The van der Waals surface area contributed by atoms with Gasteiger partial charge in [0.05, 0.1) is 11.2 Å². The standard InChI is InChI=1S/C21H27N5O3/c1-7-14-13-25(20(28)29-21(2,3)4)10-11-26(14)16-12-18(27)24(6)15-8-9-17(22-5)23-19(15)16/h8-9,12,14H,7,10-11,13H2,1-4,6H3/t14-/m0/s1. The van der Waals surface area contributed by atoms with Crippen LogP contribution in [0.5, 0.6) is 0 Å². The Bertz CT molecular complexity index is 1030. The summed E-state index contributed by atoms with van der Waals surface area (Å²) in [6, 6.07) is 4.98. The van der Waals surface area contributed by atoms with E-state index in [-0.39, 0.29) is 23.5 Å². The number of pyridine rings is 2. The Morgan fingerprint density at radius 1 is 1.34 bits per heavy atom. The van der Waals surface area contributed by atoms with E-state index in [9.17, 15) is 9.59 Å². The number of anilines is 1. The van der Waals surface area contributed by atoms with Crippen molar-refractivity contribution >= 4 is 28.6 Å². The summed E-state index contributed by atoms with van der Waals surface area (Å²) in [5.74, 6) is 0.290. The molecule has 0 bridgehead atoms. The van der Waals surface area contributed by atoms with E-state index in [2.05, 4.69) is 21.7 Å². The SMILES string of the molecule is [C-]#[N+]c1ccc2c(n1)c(N1CCN(C(=O)OC(C)(C)C)C[C@@H]1CC)cc(=O)n2C. The van der Waals surface area contributed by atoms with Crippen LogP contribution < -0.4 is 10.5 Å². The van der Waals surface area contributed by atoms with Gasteiger partial charge < -0.3 is 23.9 Å². The molecule has 1 aliphatic heterocycles. The fraction of sp³-hybridized carbons (Fsp3) is 0.524. The average molecular weight is 397 g/mol. The van der Waals surface area contributed by atoms with Crippen LogP contribution in [0.4, 0.5) is 16.3 Å². The van der Waals surface area contributed by atoms with Gasteiger partial charge in [-0.25, -0.2) is 4.79 Å². The van der Waals surface area contributed by atoms with Crippen molar-refractivity contribution < 1.29 is 9.53 Å². The third-order valence-electron chi connectivity index (χ3n) is 5.08. The third kappa shape index (κ3) is 4.19. The van der Waals surface area contributed by atoms with Gasteiger partial charge in [0.1, 0.15) is 5.60 Å². The van der Waals surface area contributed by atoms with E-state index in [4.69, 9.17) is 11.3 Å². The largest absolute Gasteiger partial charge is 0.444 e. The van der Waals surface area contributed by atoms with Crippen molar-refractivity contribution in [2.45, 2.75) is 45.8 Å². The van der Waals surface area contributed by atoms with E-state index in [1.54, 1.807) is 30.1 Å². The monoisotopic (exact) mass is 397 g/mol. The first kappa shape index (κ1) is 20.6. The molecule has 0 spiro atoms. The van der Waals surface area contributed by atoms with Crippen LogP contribution in [0, 0.1) is 6.57 Å². The van der Waals surface area contributed by atoms with Gasteiger partial charge in [-0.05, 0) is 39.3 Å². The predicted octanol–water partition coefficient (Wildman–Crippen LogP) is 3.32. The van der Waals surface area contributed by atoms with Crippen LogP contribution in [-0.4, -0.2) is 51.8 Å². The number of amides is 1. The molecule has 1 amide bonds. The van der Waals surface area contributed by atoms with Gasteiger partial charge in [0, 0.05) is 38.8 Å². The molecule has 0 aliphatic carbocycles. The van der Waals surface area contributed by atoms with Gasteiger partial charge in [-0.2, -0.15) is 0 Å². The van der Waals surface area contributed by atoms with Crippen LogP contribution in [0.2, 0.25) is 0 Å². The van der Waals surface area contributed by atoms with Crippen LogP contribution in [0.15, 0.2) is 23.0 Å². The molecule has 8 nitrogen and oxygen atoms in total. The minimum Gasteiger partial charge on any atom is -0.444 e. The zero-order valence-electron chi connectivity index (χ0n) is 17.6. The van der Waals surface area contributed by atoms with Crippen molar-refractivity contribution in [1.82, 2.24) is 14.5 Å². The molecule has 0 N–H and O–H groups in total. The first-order valence-corrected chi connectivity index (χ1v) is 9.77. The van der Waals surface area contributed by atoms with Crippen molar-refractivity contribution in [3.8, 4) is 0 Å². The van der Waals surface area contributed by atoms with Crippen LogP contribution in [0.3, 0.4) is 0 Å².